The maximum absolute atomic E-state index is 13.5. The molecule has 40 heavy (non-hydrogen) atoms. The molecule has 0 fully saturated rings. The summed E-state index contributed by atoms with van der Waals surface area (Å²) in [7, 11) is 1.93. The van der Waals surface area contributed by atoms with E-state index in [1.807, 2.05) is 76.9 Å². The van der Waals surface area contributed by atoms with Crippen molar-refractivity contribution in [2.24, 2.45) is 5.92 Å². The normalized spacial score (nSPS) is 16.1. The molecular formula is C33H48N2O5. The van der Waals surface area contributed by atoms with Gasteiger partial charge in [0.2, 0.25) is 0 Å². The number of anilines is 1. The molecule has 0 saturated carbocycles. The number of aliphatic hydroxyl groups is 1. The largest absolute Gasteiger partial charge is 0.459 e. The van der Waals surface area contributed by atoms with Crippen LogP contribution < -0.4 is 10.2 Å². The third-order valence-corrected chi connectivity index (χ3v) is 7.58. The van der Waals surface area contributed by atoms with Gasteiger partial charge in [0.15, 0.2) is 0 Å². The highest BCUT2D eigenvalue weighted by molar-refractivity contribution is 5.81. The van der Waals surface area contributed by atoms with Crippen LogP contribution in [0.3, 0.4) is 0 Å². The second kappa shape index (κ2) is 13.1. The number of carbonyl (C=O) groups excluding carboxylic acids is 2. The smallest absolute Gasteiger partial charge is 0.407 e. The highest BCUT2D eigenvalue weighted by atomic mass is 16.6. The number of amides is 1. The summed E-state index contributed by atoms with van der Waals surface area (Å²) in [6.07, 6.45) is 3.00. The fourth-order valence-corrected chi connectivity index (χ4v) is 5.60. The molecular weight excluding hydrogens is 504 g/mol. The number of fused-ring (bicyclic) bond motifs is 1. The van der Waals surface area contributed by atoms with Crippen molar-refractivity contribution in [2.75, 3.05) is 18.6 Å². The van der Waals surface area contributed by atoms with Crippen LogP contribution in [-0.4, -0.2) is 48.5 Å². The van der Waals surface area contributed by atoms with Crippen molar-refractivity contribution in [3.8, 4) is 0 Å². The molecule has 220 valence electrons. The molecule has 0 aromatic heterocycles. The molecule has 2 N–H and O–H groups in total. The van der Waals surface area contributed by atoms with Gasteiger partial charge in [-0.1, -0.05) is 64.1 Å². The van der Waals surface area contributed by atoms with Gasteiger partial charge in [-0.3, -0.25) is 0 Å². The number of rotatable bonds is 10. The van der Waals surface area contributed by atoms with Crippen molar-refractivity contribution in [3.63, 3.8) is 0 Å². The predicted molar refractivity (Wildman–Crippen MR) is 160 cm³/mol. The Kier molecular flexibility index (Phi) is 10.3. The zero-order valence-corrected chi connectivity index (χ0v) is 25.5. The first-order valence-corrected chi connectivity index (χ1v) is 14.4. The Morgan fingerprint density at radius 3 is 2.40 bits per heavy atom. The number of aliphatic hydroxyl groups excluding tert-OH is 1. The van der Waals surface area contributed by atoms with Gasteiger partial charge in [-0.05, 0) is 86.1 Å². The van der Waals surface area contributed by atoms with Crippen LogP contribution in [0.25, 0.3) is 0 Å². The zero-order chi connectivity index (χ0) is 29.7. The molecule has 2 atom stereocenters. The average molecular weight is 553 g/mol. The summed E-state index contributed by atoms with van der Waals surface area (Å²) in [4.78, 5) is 28.0. The van der Waals surface area contributed by atoms with Gasteiger partial charge >= 0.3 is 12.1 Å². The van der Waals surface area contributed by atoms with Crippen LogP contribution >= 0.6 is 0 Å². The van der Waals surface area contributed by atoms with E-state index in [9.17, 15) is 14.7 Å². The van der Waals surface area contributed by atoms with Crippen molar-refractivity contribution >= 4 is 17.7 Å². The maximum atomic E-state index is 13.5. The Hall–Kier alpha value is -3.06. The molecule has 1 aliphatic rings. The number of nitrogens with one attached hydrogen (secondary N) is 1. The Labute approximate surface area is 240 Å². The van der Waals surface area contributed by atoms with Crippen LogP contribution in [0.2, 0.25) is 0 Å². The molecule has 2 aromatic carbocycles. The van der Waals surface area contributed by atoms with E-state index in [2.05, 4.69) is 31.3 Å². The molecule has 0 radical (unpaired) electrons. The number of likely N-dealkylation sites (N-methyl/N-ethyl adjacent to an activating group) is 1. The van der Waals surface area contributed by atoms with E-state index in [0.29, 0.717) is 6.42 Å². The fraction of sp³-hybridized carbons (Fsp3) is 0.576. The highest BCUT2D eigenvalue weighted by Gasteiger charge is 2.33. The van der Waals surface area contributed by atoms with Crippen molar-refractivity contribution in [3.05, 3.63) is 64.7 Å². The number of ether oxygens (including phenoxy) is 2. The molecule has 0 saturated heterocycles. The molecule has 7 heteroatoms. The first-order valence-electron chi connectivity index (χ1n) is 14.4. The Morgan fingerprint density at radius 1 is 1.12 bits per heavy atom. The van der Waals surface area contributed by atoms with E-state index < -0.39 is 23.8 Å². The summed E-state index contributed by atoms with van der Waals surface area (Å²) in [5.74, 6) is -0.293. The standard InChI is InChI=1S/C33H48N2O5/c1-22(2)29(30(37)39-21-23-13-10-9-11-14-23)35(8)28-19-24-15-12-16-33(6,7)27(24)18-25(28)17-26(20-36)34-31(38)40-32(3,4)5/h9-11,13-14,18-19,22,26,29,36H,12,15-17,20-21H2,1-8H3,(H,34,38)/t26?,29-/m0/s1. The molecule has 0 aliphatic heterocycles. The van der Waals surface area contributed by atoms with Gasteiger partial charge in [0, 0.05) is 12.7 Å². The maximum Gasteiger partial charge on any atom is 0.407 e. The molecule has 0 spiro atoms. The molecule has 0 bridgehead atoms. The average Bonchev–Trinajstić information content (AvgIpc) is 2.86. The topological polar surface area (TPSA) is 88.1 Å². The monoisotopic (exact) mass is 552 g/mol. The van der Waals surface area contributed by atoms with Crippen LogP contribution in [0.1, 0.15) is 83.6 Å². The number of hydrogen-bond acceptors (Lipinski definition) is 6. The third kappa shape index (κ3) is 8.23. The summed E-state index contributed by atoms with van der Waals surface area (Å²) in [6.45, 7) is 14.0. The molecule has 1 aliphatic carbocycles. The van der Waals surface area contributed by atoms with Gasteiger partial charge in [-0.15, -0.1) is 0 Å². The van der Waals surface area contributed by atoms with E-state index >= 15 is 0 Å². The third-order valence-electron chi connectivity index (χ3n) is 7.58. The first kappa shape index (κ1) is 31.5. The number of nitrogens with zero attached hydrogens (tertiary/aromatic N) is 1. The lowest BCUT2D eigenvalue weighted by Gasteiger charge is -2.37. The van der Waals surface area contributed by atoms with Crippen molar-refractivity contribution in [2.45, 2.75) is 104 Å². The van der Waals surface area contributed by atoms with E-state index in [1.165, 1.54) is 11.1 Å². The SMILES string of the molecule is CC(C)[C@@H](C(=O)OCc1ccccc1)N(C)c1cc2c(cc1CC(CO)NC(=O)OC(C)(C)C)C(C)(C)CCC2. The molecule has 7 nitrogen and oxygen atoms in total. The Morgan fingerprint density at radius 2 is 1.80 bits per heavy atom. The number of aryl methyl sites for hydroxylation is 1. The van der Waals surface area contributed by atoms with E-state index in [-0.39, 0.29) is 30.5 Å². The Balaban J connectivity index is 1.95. The van der Waals surface area contributed by atoms with Gasteiger partial charge in [0.1, 0.15) is 18.2 Å². The Bertz CT molecular complexity index is 1150. The minimum absolute atomic E-state index is 0.0119. The molecule has 1 amide bonds. The summed E-state index contributed by atoms with van der Waals surface area (Å²) in [5, 5.41) is 13.0. The van der Waals surface area contributed by atoms with E-state index in [1.54, 1.807) is 0 Å². The van der Waals surface area contributed by atoms with Gasteiger partial charge in [0.25, 0.3) is 0 Å². The van der Waals surface area contributed by atoms with Crippen LogP contribution in [0, 0.1) is 5.92 Å². The lowest BCUT2D eigenvalue weighted by molar-refractivity contribution is -0.147. The summed E-state index contributed by atoms with van der Waals surface area (Å²) in [5.41, 5.74) is 4.76. The van der Waals surface area contributed by atoms with Gasteiger partial charge < -0.3 is 24.8 Å². The minimum Gasteiger partial charge on any atom is -0.459 e. The molecule has 3 rings (SSSR count). The fourth-order valence-electron chi connectivity index (χ4n) is 5.60. The highest BCUT2D eigenvalue weighted by Crippen LogP contribution is 2.40. The zero-order valence-electron chi connectivity index (χ0n) is 25.5. The van der Waals surface area contributed by atoms with Gasteiger partial charge in [-0.2, -0.15) is 0 Å². The minimum atomic E-state index is -0.643. The van der Waals surface area contributed by atoms with Crippen LogP contribution in [0.15, 0.2) is 42.5 Å². The van der Waals surface area contributed by atoms with Crippen molar-refractivity contribution < 1.29 is 24.2 Å². The molecule has 2 aromatic rings. The second-order valence-corrected chi connectivity index (χ2v) is 13.0. The summed E-state index contributed by atoms with van der Waals surface area (Å²) in [6, 6.07) is 13.0. The van der Waals surface area contributed by atoms with Crippen molar-refractivity contribution in [1.29, 1.82) is 0 Å². The molecule has 0 heterocycles. The van der Waals surface area contributed by atoms with Gasteiger partial charge in [0.05, 0.1) is 12.6 Å². The second-order valence-electron chi connectivity index (χ2n) is 13.0. The van der Waals surface area contributed by atoms with E-state index in [0.717, 1.165) is 36.1 Å². The lowest BCUT2D eigenvalue weighted by Crippen LogP contribution is -2.45. The quantitative estimate of drug-likeness (QED) is 0.355. The summed E-state index contributed by atoms with van der Waals surface area (Å²) < 4.78 is 11.2. The number of alkyl carbamates (subject to hydrolysis) is 1. The number of hydrogen-bond donors (Lipinski definition) is 2. The first-order chi connectivity index (χ1) is 18.7. The van der Waals surface area contributed by atoms with Crippen LogP contribution in [0.5, 0.6) is 0 Å². The number of benzene rings is 2. The number of carbonyl (C=O) groups is 2. The van der Waals surface area contributed by atoms with Gasteiger partial charge in [-0.25, -0.2) is 9.59 Å². The van der Waals surface area contributed by atoms with Crippen molar-refractivity contribution in [1.82, 2.24) is 5.32 Å². The van der Waals surface area contributed by atoms with Crippen LogP contribution in [0.4, 0.5) is 10.5 Å². The van der Waals surface area contributed by atoms with E-state index in [4.69, 9.17) is 9.47 Å². The van der Waals surface area contributed by atoms with Crippen LogP contribution in [-0.2, 0) is 39.1 Å². The molecule has 1 unspecified atom stereocenters. The lowest BCUT2D eigenvalue weighted by atomic mass is 9.71. The summed E-state index contributed by atoms with van der Waals surface area (Å²) >= 11 is 0. The predicted octanol–water partition coefficient (Wildman–Crippen LogP) is 5.93. The number of esters is 1.